The molecule has 0 saturated carbocycles. The molecule has 1 aromatic rings. The molecule has 0 fully saturated rings. The predicted molar refractivity (Wildman–Crippen MR) is 45.4 cm³/mol. The number of rotatable bonds is 3. The summed E-state index contributed by atoms with van der Waals surface area (Å²) in [5.74, 6) is -1.62. The molecule has 14 heavy (non-hydrogen) atoms. The van der Waals surface area contributed by atoms with Crippen molar-refractivity contribution >= 4 is 5.69 Å². The number of hydrogen-bond acceptors (Lipinski definition) is 1. The molecule has 1 nitrogen and oxygen atoms in total. The van der Waals surface area contributed by atoms with Crippen molar-refractivity contribution in [2.75, 3.05) is 5.32 Å². The monoisotopic (exact) mass is 207 g/mol. The Morgan fingerprint density at radius 3 is 2.36 bits per heavy atom. The number of anilines is 1. The van der Waals surface area contributed by atoms with Crippen LogP contribution in [0.15, 0.2) is 18.2 Å². The molecule has 5 heteroatoms. The van der Waals surface area contributed by atoms with Gasteiger partial charge in [-0.25, -0.2) is 17.6 Å². The van der Waals surface area contributed by atoms with Gasteiger partial charge in [-0.05, 0) is 19.1 Å². The lowest BCUT2D eigenvalue weighted by atomic mass is 10.2. The zero-order valence-electron chi connectivity index (χ0n) is 7.40. The molecule has 0 saturated heterocycles. The average Bonchev–Trinajstić information content (AvgIpc) is 2.09. The Labute approximate surface area is 78.7 Å². The number of halogens is 4. The van der Waals surface area contributed by atoms with E-state index in [0.29, 0.717) is 6.07 Å². The van der Waals surface area contributed by atoms with E-state index in [1.165, 1.54) is 6.92 Å². The second-order valence-corrected chi connectivity index (χ2v) is 2.89. The predicted octanol–water partition coefficient (Wildman–Crippen LogP) is 3.03. The van der Waals surface area contributed by atoms with Gasteiger partial charge in [-0.3, -0.25) is 0 Å². The molecule has 1 N–H and O–H groups in total. The molecule has 0 aliphatic rings. The molecular weight excluding hydrogens is 198 g/mol. The van der Waals surface area contributed by atoms with Crippen LogP contribution >= 0.6 is 0 Å². The van der Waals surface area contributed by atoms with Crippen molar-refractivity contribution in [3.63, 3.8) is 0 Å². The normalized spacial score (nSPS) is 13.0. The maximum absolute atomic E-state index is 12.9. The van der Waals surface area contributed by atoms with Crippen LogP contribution in [0, 0.1) is 11.6 Å². The van der Waals surface area contributed by atoms with Crippen LogP contribution in [0.3, 0.4) is 0 Å². The van der Waals surface area contributed by atoms with Gasteiger partial charge in [-0.2, -0.15) is 0 Å². The Morgan fingerprint density at radius 2 is 1.86 bits per heavy atom. The van der Waals surface area contributed by atoms with Crippen LogP contribution in [0.5, 0.6) is 0 Å². The first-order valence-corrected chi connectivity index (χ1v) is 4.00. The fourth-order valence-corrected chi connectivity index (χ4v) is 0.915. The summed E-state index contributed by atoms with van der Waals surface area (Å²) >= 11 is 0. The van der Waals surface area contributed by atoms with Crippen molar-refractivity contribution in [3.05, 3.63) is 29.8 Å². The van der Waals surface area contributed by atoms with Crippen LogP contribution < -0.4 is 5.32 Å². The van der Waals surface area contributed by atoms with Gasteiger partial charge >= 0.3 is 0 Å². The van der Waals surface area contributed by atoms with Crippen molar-refractivity contribution in [2.24, 2.45) is 0 Å². The number of benzene rings is 1. The molecule has 78 valence electrons. The van der Waals surface area contributed by atoms with E-state index in [1.807, 2.05) is 0 Å². The quantitative estimate of drug-likeness (QED) is 0.751. The third-order valence-corrected chi connectivity index (χ3v) is 1.69. The summed E-state index contributed by atoms with van der Waals surface area (Å²) in [6.45, 7) is 1.22. The van der Waals surface area contributed by atoms with Crippen molar-refractivity contribution in [3.8, 4) is 0 Å². The topological polar surface area (TPSA) is 12.0 Å². The SMILES string of the molecule is CC(Nc1ccc(F)cc1F)C(F)F. The van der Waals surface area contributed by atoms with Gasteiger partial charge in [0.15, 0.2) is 0 Å². The van der Waals surface area contributed by atoms with E-state index in [9.17, 15) is 17.6 Å². The highest BCUT2D eigenvalue weighted by atomic mass is 19.3. The van der Waals surface area contributed by atoms with Gasteiger partial charge in [0.2, 0.25) is 0 Å². The number of alkyl halides is 2. The third kappa shape index (κ3) is 2.61. The Kier molecular flexibility index (Phi) is 3.33. The summed E-state index contributed by atoms with van der Waals surface area (Å²) in [6.07, 6.45) is -2.60. The zero-order valence-corrected chi connectivity index (χ0v) is 7.40. The van der Waals surface area contributed by atoms with Crippen LogP contribution in [-0.2, 0) is 0 Å². The third-order valence-electron chi connectivity index (χ3n) is 1.69. The van der Waals surface area contributed by atoms with Gasteiger partial charge in [-0.1, -0.05) is 0 Å². The number of nitrogens with one attached hydrogen (secondary N) is 1. The maximum atomic E-state index is 12.9. The Hall–Kier alpha value is -1.26. The minimum atomic E-state index is -2.60. The van der Waals surface area contributed by atoms with E-state index < -0.39 is 24.1 Å². The molecule has 0 bridgehead atoms. The molecule has 0 heterocycles. The molecule has 1 aromatic carbocycles. The van der Waals surface area contributed by atoms with Gasteiger partial charge in [0.1, 0.15) is 11.6 Å². The van der Waals surface area contributed by atoms with E-state index in [4.69, 9.17) is 0 Å². The second kappa shape index (κ2) is 4.30. The van der Waals surface area contributed by atoms with Crippen LogP contribution in [0.4, 0.5) is 23.2 Å². The first kappa shape index (κ1) is 10.8. The summed E-state index contributed by atoms with van der Waals surface area (Å²) in [5, 5.41) is 2.25. The fourth-order valence-electron chi connectivity index (χ4n) is 0.915. The minimum absolute atomic E-state index is 0.126. The van der Waals surface area contributed by atoms with Crippen LogP contribution in [-0.4, -0.2) is 12.5 Å². The van der Waals surface area contributed by atoms with E-state index in [-0.39, 0.29) is 5.69 Å². The molecule has 1 rings (SSSR count). The molecule has 0 aliphatic heterocycles. The highest BCUT2D eigenvalue weighted by molar-refractivity contribution is 5.45. The van der Waals surface area contributed by atoms with E-state index >= 15 is 0 Å². The lowest BCUT2D eigenvalue weighted by molar-refractivity contribution is 0.130. The van der Waals surface area contributed by atoms with Crippen molar-refractivity contribution in [2.45, 2.75) is 19.4 Å². The molecule has 1 unspecified atom stereocenters. The Balaban J connectivity index is 2.77. The summed E-state index contributed by atoms with van der Waals surface area (Å²) in [5.41, 5.74) is -0.126. The lowest BCUT2D eigenvalue weighted by Gasteiger charge is -2.14. The maximum Gasteiger partial charge on any atom is 0.258 e. The van der Waals surface area contributed by atoms with Crippen LogP contribution in [0.1, 0.15) is 6.92 Å². The minimum Gasteiger partial charge on any atom is -0.375 e. The van der Waals surface area contributed by atoms with Crippen LogP contribution in [0.25, 0.3) is 0 Å². The van der Waals surface area contributed by atoms with Crippen molar-refractivity contribution < 1.29 is 17.6 Å². The van der Waals surface area contributed by atoms with Gasteiger partial charge in [0.05, 0.1) is 11.7 Å². The molecule has 1 atom stereocenters. The zero-order chi connectivity index (χ0) is 10.7. The highest BCUT2D eigenvalue weighted by Gasteiger charge is 2.15. The Bertz CT molecular complexity index is 314. The van der Waals surface area contributed by atoms with Gasteiger partial charge < -0.3 is 5.32 Å². The molecule has 0 aliphatic carbocycles. The fraction of sp³-hybridized carbons (Fsp3) is 0.333. The van der Waals surface area contributed by atoms with Gasteiger partial charge in [-0.15, -0.1) is 0 Å². The van der Waals surface area contributed by atoms with Crippen molar-refractivity contribution in [1.82, 2.24) is 0 Å². The highest BCUT2D eigenvalue weighted by Crippen LogP contribution is 2.17. The van der Waals surface area contributed by atoms with Gasteiger partial charge in [0, 0.05) is 6.07 Å². The Morgan fingerprint density at radius 1 is 1.21 bits per heavy atom. The first-order chi connectivity index (χ1) is 6.50. The van der Waals surface area contributed by atoms with Gasteiger partial charge in [0.25, 0.3) is 6.43 Å². The molecule has 0 aromatic heterocycles. The van der Waals surface area contributed by atoms with Crippen molar-refractivity contribution in [1.29, 1.82) is 0 Å². The van der Waals surface area contributed by atoms with E-state index in [2.05, 4.69) is 5.32 Å². The van der Waals surface area contributed by atoms with E-state index in [1.54, 1.807) is 0 Å². The molecular formula is C9H9F4N. The summed E-state index contributed by atoms with van der Waals surface area (Å²) in [6, 6.07) is 1.56. The standard InChI is InChI=1S/C9H9F4N/c1-5(9(12)13)14-8-3-2-6(10)4-7(8)11/h2-5,9,14H,1H3. The van der Waals surface area contributed by atoms with Crippen LogP contribution in [0.2, 0.25) is 0 Å². The number of hydrogen-bond donors (Lipinski definition) is 1. The molecule has 0 spiro atoms. The van der Waals surface area contributed by atoms with E-state index in [0.717, 1.165) is 12.1 Å². The molecule has 0 amide bonds. The average molecular weight is 207 g/mol. The smallest absolute Gasteiger partial charge is 0.258 e. The first-order valence-electron chi connectivity index (χ1n) is 4.00. The lowest BCUT2D eigenvalue weighted by Crippen LogP contribution is -2.24. The largest absolute Gasteiger partial charge is 0.375 e. The summed E-state index contributed by atoms with van der Waals surface area (Å²) < 4.78 is 49.5. The second-order valence-electron chi connectivity index (χ2n) is 2.89. The molecule has 0 radical (unpaired) electrons. The summed E-state index contributed by atoms with van der Waals surface area (Å²) in [7, 11) is 0. The summed E-state index contributed by atoms with van der Waals surface area (Å²) in [4.78, 5) is 0.